The topological polar surface area (TPSA) is 58.6 Å². The number of likely N-dealkylation sites (tertiary alicyclic amines) is 1. The first-order valence-corrected chi connectivity index (χ1v) is 9.77. The molecule has 1 aliphatic carbocycles. The molecular formula is C21H30N2O3. The van der Waals surface area contributed by atoms with Crippen molar-refractivity contribution >= 4 is 11.8 Å². The summed E-state index contributed by atoms with van der Waals surface area (Å²) in [6.45, 7) is 3.52. The number of rotatable bonds is 7. The summed E-state index contributed by atoms with van der Waals surface area (Å²) in [7, 11) is 1.65. The van der Waals surface area contributed by atoms with Crippen molar-refractivity contribution in [3.05, 3.63) is 29.8 Å². The molecular weight excluding hydrogens is 328 g/mol. The van der Waals surface area contributed by atoms with Crippen LogP contribution in [0.1, 0.15) is 51.0 Å². The lowest BCUT2D eigenvalue weighted by molar-refractivity contribution is -0.141. The van der Waals surface area contributed by atoms with Crippen molar-refractivity contribution < 1.29 is 14.3 Å². The molecule has 1 heterocycles. The number of piperidine rings is 1. The van der Waals surface area contributed by atoms with E-state index in [1.165, 1.54) is 0 Å². The summed E-state index contributed by atoms with van der Waals surface area (Å²) in [4.78, 5) is 26.6. The van der Waals surface area contributed by atoms with Crippen molar-refractivity contribution in [2.24, 2.45) is 5.41 Å². The number of benzene rings is 1. The van der Waals surface area contributed by atoms with Crippen LogP contribution in [-0.4, -0.2) is 43.0 Å². The summed E-state index contributed by atoms with van der Waals surface area (Å²) in [5, 5.41) is 3.16. The van der Waals surface area contributed by atoms with Crippen molar-refractivity contribution in [3.8, 4) is 5.75 Å². The Balaban J connectivity index is 1.54. The highest BCUT2D eigenvalue weighted by Gasteiger charge is 2.49. The van der Waals surface area contributed by atoms with Gasteiger partial charge in [-0.3, -0.25) is 9.59 Å². The molecule has 142 valence electrons. The molecule has 1 aromatic rings. The normalized spacial score (nSPS) is 25.1. The number of carbonyl (C=O) groups is 2. The Bertz CT molecular complexity index is 660. The van der Waals surface area contributed by atoms with E-state index >= 15 is 0 Å². The van der Waals surface area contributed by atoms with E-state index in [9.17, 15) is 9.59 Å². The number of nitrogens with one attached hydrogen (secondary N) is 1. The largest absolute Gasteiger partial charge is 0.497 e. The van der Waals surface area contributed by atoms with Gasteiger partial charge in [-0.15, -0.1) is 0 Å². The van der Waals surface area contributed by atoms with Crippen LogP contribution < -0.4 is 10.1 Å². The van der Waals surface area contributed by atoms with Gasteiger partial charge in [0.25, 0.3) is 0 Å². The molecule has 0 spiro atoms. The van der Waals surface area contributed by atoms with E-state index in [0.29, 0.717) is 31.8 Å². The molecule has 5 nitrogen and oxygen atoms in total. The molecule has 3 rings (SSSR count). The maximum absolute atomic E-state index is 12.4. The van der Waals surface area contributed by atoms with Gasteiger partial charge in [0.2, 0.25) is 11.8 Å². The van der Waals surface area contributed by atoms with Gasteiger partial charge in [0.05, 0.1) is 7.11 Å². The molecule has 0 radical (unpaired) electrons. The van der Waals surface area contributed by atoms with Crippen molar-refractivity contribution in [2.75, 3.05) is 20.2 Å². The van der Waals surface area contributed by atoms with Crippen LogP contribution in [-0.2, 0) is 16.0 Å². The fourth-order valence-electron chi connectivity index (χ4n) is 4.71. The molecule has 0 bridgehead atoms. The van der Waals surface area contributed by atoms with Gasteiger partial charge in [-0.2, -0.15) is 0 Å². The molecule has 2 atom stereocenters. The van der Waals surface area contributed by atoms with E-state index in [1.807, 2.05) is 29.2 Å². The van der Waals surface area contributed by atoms with Crippen molar-refractivity contribution in [1.82, 2.24) is 10.2 Å². The fourth-order valence-corrected chi connectivity index (χ4v) is 4.71. The second kappa shape index (κ2) is 8.11. The van der Waals surface area contributed by atoms with Crippen LogP contribution in [0, 0.1) is 5.41 Å². The summed E-state index contributed by atoms with van der Waals surface area (Å²) in [6.07, 6.45) is 6.03. The lowest BCUT2D eigenvalue weighted by atomic mass is 9.74. The monoisotopic (exact) mass is 358 g/mol. The molecule has 1 saturated carbocycles. The van der Waals surface area contributed by atoms with Crippen LogP contribution in [0.15, 0.2) is 24.3 Å². The average Bonchev–Trinajstić information content (AvgIpc) is 3.09. The number of methoxy groups -OCH3 is 1. The van der Waals surface area contributed by atoms with E-state index in [1.54, 1.807) is 7.11 Å². The summed E-state index contributed by atoms with van der Waals surface area (Å²) in [6, 6.07) is 8.16. The highest BCUT2D eigenvalue weighted by molar-refractivity contribution is 5.78. The third-order valence-corrected chi connectivity index (χ3v) is 6.15. The van der Waals surface area contributed by atoms with Gasteiger partial charge in [-0.1, -0.05) is 18.6 Å². The minimum absolute atomic E-state index is 0.0789. The zero-order valence-corrected chi connectivity index (χ0v) is 15.9. The molecule has 2 fully saturated rings. The number of amides is 2. The molecule has 1 saturated heterocycles. The van der Waals surface area contributed by atoms with Crippen LogP contribution in [0.5, 0.6) is 5.75 Å². The molecule has 2 amide bonds. The number of nitrogens with zero attached hydrogens (tertiary/aromatic N) is 1. The van der Waals surface area contributed by atoms with Gasteiger partial charge < -0.3 is 15.0 Å². The Morgan fingerprint density at radius 2 is 2.23 bits per heavy atom. The number of carbonyl (C=O) groups excluding carboxylic acids is 2. The first kappa shape index (κ1) is 18.7. The lowest BCUT2D eigenvalue weighted by Gasteiger charge is -2.46. The Labute approximate surface area is 156 Å². The SMILES string of the molecule is CCN1C(=O)CC[C@]2(CNC(=O)CCc3cccc(OC)c3)CCC[C@@H]12. The van der Waals surface area contributed by atoms with Crippen molar-refractivity contribution in [2.45, 2.75) is 57.9 Å². The lowest BCUT2D eigenvalue weighted by Crippen LogP contribution is -2.55. The molecule has 2 aliphatic rings. The molecule has 0 unspecified atom stereocenters. The molecule has 1 aliphatic heterocycles. The minimum atomic E-state index is 0.0789. The maximum atomic E-state index is 12.4. The minimum Gasteiger partial charge on any atom is -0.497 e. The number of ether oxygens (including phenoxy) is 1. The predicted octanol–water partition coefficient (Wildman–Crippen LogP) is 2.93. The van der Waals surface area contributed by atoms with Crippen LogP contribution in [0.25, 0.3) is 0 Å². The quantitative estimate of drug-likeness (QED) is 0.815. The van der Waals surface area contributed by atoms with Crippen molar-refractivity contribution in [1.29, 1.82) is 0 Å². The smallest absolute Gasteiger partial charge is 0.222 e. The number of hydrogen-bond acceptors (Lipinski definition) is 3. The summed E-state index contributed by atoms with van der Waals surface area (Å²) >= 11 is 0. The third kappa shape index (κ3) is 3.87. The van der Waals surface area contributed by atoms with Crippen LogP contribution in [0.3, 0.4) is 0 Å². The van der Waals surface area contributed by atoms with Crippen LogP contribution in [0.2, 0.25) is 0 Å². The molecule has 1 N–H and O–H groups in total. The summed E-state index contributed by atoms with van der Waals surface area (Å²) in [5.74, 6) is 1.19. The summed E-state index contributed by atoms with van der Waals surface area (Å²) < 4.78 is 5.23. The first-order chi connectivity index (χ1) is 12.6. The predicted molar refractivity (Wildman–Crippen MR) is 101 cm³/mol. The average molecular weight is 358 g/mol. The van der Waals surface area contributed by atoms with Gasteiger partial charge in [0, 0.05) is 37.4 Å². The molecule has 5 heteroatoms. The Morgan fingerprint density at radius 3 is 3.00 bits per heavy atom. The maximum Gasteiger partial charge on any atom is 0.222 e. The van der Waals surface area contributed by atoms with Crippen LogP contribution in [0.4, 0.5) is 0 Å². The molecule has 26 heavy (non-hydrogen) atoms. The van der Waals surface area contributed by atoms with E-state index in [0.717, 1.165) is 43.5 Å². The van der Waals surface area contributed by atoms with Crippen LogP contribution >= 0.6 is 0 Å². The highest BCUT2D eigenvalue weighted by Crippen LogP contribution is 2.47. The Morgan fingerprint density at radius 1 is 1.38 bits per heavy atom. The van der Waals surface area contributed by atoms with Crippen molar-refractivity contribution in [3.63, 3.8) is 0 Å². The van der Waals surface area contributed by atoms with E-state index in [2.05, 4.69) is 12.2 Å². The van der Waals surface area contributed by atoms with Gasteiger partial charge in [-0.25, -0.2) is 0 Å². The van der Waals surface area contributed by atoms with E-state index in [-0.39, 0.29) is 17.2 Å². The second-order valence-electron chi connectivity index (χ2n) is 7.58. The van der Waals surface area contributed by atoms with Gasteiger partial charge >= 0.3 is 0 Å². The molecule has 1 aromatic carbocycles. The van der Waals surface area contributed by atoms with E-state index in [4.69, 9.17) is 4.74 Å². The zero-order chi connectivity index (χ0) is 18.6. The fraction of sp³-hybridized carbons (Fsp3) is 0.619. The summed E-state index contributed by atoms with van der Waals surface area (Å²) in [5.41, 5.74) is 1.19. The number of aryl methyl sites for hydroxylation is 1. The van der Waals surface area contributed by atoms with Gasteiger partial charge in [0.1, 0.15) is 5.75 Å². The second-order valence-corrected chi connectivity index (χ2v) is 7.58. The Hall–Kier alpha value is -2.04. The third-order valence-electron chi connectivity index (χ3n) is 6.15. The van der Waals surface area contributed by atoms with Gasteiger partial charge in [-0.05, 0) is 50.3 Å². The Kier molecular flexibility index (Phi) is 5.84. The first-order valence-electron chi connectivity index (χ1n) is 9.77. The molecule has 0 aromatic heterocycles. The standard InChI is InChI=1S/C21H30N2O3/c1-3-23-18-8-5-12-21(18,13-11-20(23)25)15-22-19(24)10-9-16-6-4-7-17(14-16)26-2/h4,6-7,14,18H,3,5,8-13,15H2,1-2H3,(H,22,24)/t18-,21+/m1/s1. The highest BCUT2D eigenvalue weighted by atomic mass is 16.5. The zero-order valence-electron chi connectivity index (χ0n) is 15.9. The van der Waals surface area contributed by atoms with E-state index < -0.39 is 0 Å². The number of hydrogen-bond donors (Lipinski definition) is 1. The number of fused-ring (bicyclic) bond motifs is 1. The van der Waals surface area contributed by atoms with Gasteiger partial charge in [0.15, 0.2) is 0 Å².